The highest BCUT2D eigenvalue weighted by atomic mass is 32.2. The monoisotopic (exact) mass is 519 g/mol. The Labute approximate surface area is 204 Å². The average molecular weight is 520 g/mol. The van der Waals surface area contributed by atoms with Crippen molar-refractivity contribution in [3.63, 3.8) is 0 Å². The summed E-state index contributed by atoms with van der Waals surface area (Å²) in [5.41, 5.74) is 0.600. The van der Waals surface area contributed by atoms with E-state index in [0.717, 1.165) is 0 Å². The molecule has 0 saturated heterocycles. The molecule has 2 aromatic carbocycles. The number of ether oxygens (including phenoxy) is 1. The number of anilines is 2. The number of amides is 1. The molecule has 2 N–H and O–H groups in total. The molecule has 1 aromatic heterocycles. The number of methoxy groups -OCH3 is 1. The second-order valence-electron chi connectivity index (χ2n) is 7.11. The molecule has 0 fully saturated rings. The first-order valence-corrected chi connectivity index (χ1v) is 13.4. The Hall–Kier alpha value is -3.55. The largest absolute Gasteiger partial charge is 0.478 e. The Morgan fingerprint density at radius 1 is 0.886 bits per heavy atom. The van der Waals surface area contributed by atoms with Crippen molar-refractivity contribution >= 4 is 37.5 Å². The maximum Gasteiger partial charge on any atom is 0.263 e. The van der Waals surface area contributed by atoms with Gasteiger partial charge < -0.3 is 10.1 Å². The molecule has 0 radical (unpaired) electrons. The number of aromatic nitrogens is 2. The smallest absolute Gasteiger partial charge is 0.263 e. The normalized spacial score (nSPS) is 11.8. The molecule has 0 aliphatic rings. The molecule has 186 valence electrons. The molecule has 35 heavy (non-hydrogen) atoms. The molecule has 3 rings (SSSR count). The number of nitrogens with zero attached hydrogens (tertiary/aromatic N) is 3. The first-order chi connectivity index (χ1) is 16.6. The minimum Gasteiger partial charge on any atom is -0.478 e. The highest BCUT2D eigenvalue weighted by molar-refractivity contribution is 7.92. The maximum absolute atomic E-state index is 12.7. The second kappa shape index (κ2) is 10.8. The van der Waals surface area contributed by atoms with Crippen LogP contribution >= 0.6 is 0 Å². The third-order valence-corrected chi connectivity index (χ3v) is 8.39. The summed E-state index contributed by atoms with van der Waals surface area (Å²) in [4.78, 5) is 20.4. The average Bonchev–Trinajstić information content (AvgIpc) is 2.85. The topological polar surface area (TPSA) is 148 Å². The fourth-order valence-corrected chi connectivity index (χ4v) is 5.61. The number of nitrogens with one attached hydrogen (secondary N) is 2. The number of hydrogen-bond acceptors (Lipinski definition) is 8. The fraction of sp³-hybridized carbons (Fsp3) is 0.227. The lowest BCUT2D eigenvalue weighted by Gasteiger charge is -2.18. The molecular weight excluding hydrogens is 494 g/mol. The molecule has 13 heteroatoms. The predicted octanol–water partition coefficient (Wildman–Crippen LogP) is 2.57. The zero-order valence-electron chi connectivity index (χ0n) is 19.3. The summed E-state index contributed by atoms with van der Waals surface area (Å²) in [6, 6.07) is 11.1. The van der Waals surface area contributed by atoms with Gasteiger partial charge in [-0.2, -0.15) is 4.31 Å². The Balaban J connectivity index is 1.71. The summed E-state index contributed by atoms with van der Waals surface area (Å²) in [5.74, 6) is -0.510. The molecule has 3 aromatic rings. The Morgan fingerprint density at radius 3 is 2.03 bits per heavy atom. The number of benzene rings is 2. The van der Waals surface area contributed by atoms with E-state index in [1.807, 2.05) is 0 Å². The van der Waals surface area contributed by atoms with Crippen LogP contribution in [0.4, 0.5) is 11.5 Å². The molecular formula is C22H25N5O6S2. The lowest BCUT2D eigenvalue weighted by molar-refractivity contribution is 0.102. The number of carbonyl (C=O) groups excluding carboxylic acids is 1. The number of rotatable bonds is 10. The fourth-order valence-electron chi connectivity index (χ4n) is 3.14. The van der Waals surface area contributed by atoms with E-state index in [1.54, 1.807) is 13.8 Å². The summed E-state index contributed by atoms with van der Waals surface area (Å²) < 4.78 is 59.1. The van der Waals surface area contributed by atoms with Gasteiger partial charge in [0.1, 0.15) is 0 Å². The molecule has 0 bridgehead atoms. The van der Waals surface area contributed by atoms with Crippen LogP contribution in [-0.2, 0) is 20.0 Å². The number of carbonyl (C=O) groups is 1. The SMILES string of the molecule is CCN(CC)S(=O)(=O)c1ccc(C(=O)Nc2ccc(S(=O)(=O)Nc3nccnc3OC)cc2)cc1. The Kier molecular flexibility index (Phi) is 8.04. The summed E-state index contributed by atoms with van der Waals surface area (Å²) in [7, 11) is -6.26. The molecule has 0 unspecified atom stereocenters. The van der Waals surface area contributed by atoms with Crippen LogP contribution in [0.5, 0.6) is 5.88 Å². The summed E-state index contributed by atoms with van der Waals surface area (Å²) in [5, 5.41) is 2.65. The minimum absolute atomic E-state index is 0.0240. The van der Waals surface area contributed by atoms with E-state index in [4.69, 9.17) is 4.74 Å². The van der Waals surface area contributed by atoms with Crippen molar-refractivity contribution in [3.8, 4) is 5.88 Å². The van der Waals surface area contributed by atoms with Crippen molar-refractivity contribution in [1.29, 1.82) is 0 Å². The summed E-state index contributed by atoms with van der Waals surface area (Å²) in [6.07, 6.45) is 2.69. The minimum atomic E-state index is -3.98. The van der Waals surface area contributed by atoms with Crippen LogP contribution in [0, 0.1) is 0 Å². The van der Waals surface area contributed by atoms with Crippen molar-refractivity contribution in [2.75, 3.05) is 30.2 Å². The maximum atomic E-state index is 12.7. The lowest BCUT2D eigenvalue weighted by atomic mass is 10.2. The van der Waals surface area contributed by atoms with Gasteiger partial charge in [-0.15, -0.1) is 0 Å². The zero-order chi connectivity index (χ0) is 25.6. The molecule has 0 atom stereocenters. The quantitative estimate of drug-likeness (QED) is 0.415. The van der Waals surface area contributed by atoms with E-state index < -0.39 is 26.0 Å². The van der Waals surface area contributed by atoms with Gasteiger partial charge in [0, 0.05) is 36.7 Å². The van der Waals surface area contributed by atoms with Gasteiger partial charge in [0.2, 0.25) is 15.8 Å². The predicted molar refractivity (Wildman–Crippen MR) is 130 cm³/mol. The van der Waals surface area contributed by atoms with Crippen LogP contribution in [0.25, 0.3) is 0 Å². The molecule has 0 saturated carbocycles. The number of hydrogen-bond donors (Lipinski definition) is 2. The van der Waals surface area contributed by atoms with E-state index in [-0.39, 0.29) is 27.1 Å². The van der Waals surface area contributed by atoms with Crippen LogP contribution in [-0.4, -0.2) is 57.2 Å². The van der Waals surface area contributed by atoms with E-state index in [2.05, 4.69) is 20.0 Å². The van der Waals surface area contributed by atoms with Crippen LogP contribution in [0.3, 0.4) is 0 Å². The van der Waals surface area contributed by atoms with Crippen molar-refractivity contribution in [2.24, 2.45) is 0 Å². The molecule has 11 nitrogen and oxygen atoms in total. The Bertz CT molecular complexity index is 1390. The van der Waals surface area contributed by atoms with Gasteiger partial charge in [-0.3, -0.25) is 9.52 Å². The van der Waals surface area contributed by atoms with Crippen LogP contribution < -0.4 is 14.8 Å². The van der Waals surface area contributed by atoms with Gasteiger partial charge in [-0.05, 0) is 48.5 Å². The molecule has 0 aliphatic heterocycles. The lowest BCUT2D eigenvalue weighted by Crippen LogP contribution is -2.30. The van der Waals surface area contributed by atoms with Gasteiger partial charge in [-0.1, -0.05) is 13.8 Å². The standard InChI is InChI=1S/C22H25N5O6S2/c1-4-27(5-2)35(31,32)19-10-6-16(7-11-19)21(28)25-17-8-12-18(13-9-17)34(29,30)26-20-22(33-3)24-15-14-23-20/h6-15H,4-5H2,1-3H3,(H,23,26)(H,25,28). The third-order valence-electron chi connectivity index (χ3n) is 4.97. The van der Waals surface area contributed by atoms with Crippen LogP contribution in [0.1, 0.15) is 24.2 Å². The van der Waals surface area contributed by atoms with E-state index in [0.29, 0.717) is 18.8 Å². The van der Waals surface area contributed by atoms with Gasteiger partial charge in [-0.25, -0.2) is 26.8 Å². The van der Waals surface area contributed by atoms with Crippen molar-refractivity contribution < 1.29 is 26.4 Å². The third kappa shape index (κ3) is 5.93. The second-order valence-corrected chi connectivity index (χ2v) is 10.7. The van der Waals surface area contributed by atoms with E-state index in [9.17, 15) is 21.6 Å². The molecule has 0 aliphatic carbocycles. The van der Waals surface area contributed by atoms with Gasteiger partial charge >= 0.3 is 0 Å². The zero-order valence-corrected chi connectivity index (χ0v) is 20.9. The van der Waals surface area contributed by atoms with Gasteiger partial charge in [0.25, 0.3) is 21.8 Å². The Morgan fingerprint density at radius 2 is 1.46 bits per heavy atom. The first kappa shape index (κ1) is 26.1. The van der Waals surface area contributed by atoms with Crippen LogP contribution in [0.15, 0.2) is 70.7 Å². The summed E-state index contributed by atoms with van der Waals surface area (Å²) >= 11 is 0. The van der Waals surface area contributed by atoms with Crippen molar-refractivity contribution in [1.82, 2.24) is 14.3 Å². The van der Waals surface area contributed by atoms with E-state index >= 15 is 0 Å². The van der Waals surface area contributed by atoms with Crippen molar-refractivity contribution in [2.45, 2.75) is 23.6 Å². The van der Waals surface area contributed by atoms with Gasteiger partial charge in [0.05, 0.1) is 16.9 Å². The molecule has 0 spiro atoms. The highest BCUT2D eigenvalue weighted by Crippen LogP contribution is 2.23. The number of sulfonamides is 2. The highest BCUT2D eigenvalue weighted by Gasteiger charge is 2.22. The molecule has 1 heterocycles. The summed E-state index contributed by atoms with van der Waals surface area (Å²) in [6.45, 7) is 4.19. The van der Waals surface area contributed by atoms with Crippen molar-refractivity contribution in [3.05, 3.63) is 66.5 Å². The molecule has 1 amide bonds. The first-order valence-electron chi connectivity index (χ1n) is 10.5. The van der Waals surface area contributed by atoms with E-state index in [1.165, 1.54) is 72.3 Å². The van der Waals surface area contributed by atoms with Crippen LogP contribution in [0.2, 0.25) is 0 Å². The van der Waals surface area contributed by atoms with Gasteiger partial charge in [0.15, 0.2) is 0 Å².